The van der Waals surface area contributed by atoms with Crippen LogP contribution in [-0.2, 0) is 29.0 Å². The monoisotopic (exact) mass is 553 g/mol. The summed E-state index contributed by atoms with van der Waals surface area (Å²) in [5, 5.41) is 30.1. The normalized spacial score (nSPS) is 18.7. The number of nitrogens with one attached hydrogen (secondary N) is 2. The molecule has 4 aromatic heterocycles. The number of aryl methyl sites for hydroxylation is 2. The minimum absolute atomic E-state index is 0.149. The van der Waals surface area contributed by atoms with Crippen LogP contribution in [-0.4, -0.2) is 60.1 Å². The first kappa shape index (κ1) is 25.9. The van der Waals surface area contributed by atoms with E-state index < -0.39 is 12.3 Å². The van der Waals surface area contributed by atoms with E-state index in [1.165, 1.54) is 29.2 Å². The van der Waals surface area contributed by atoms with E-state index in [1.54, 1.807) is 17.7 Å². The third-order valence-corrected chi connectivity index (χ3v) is 6.67. The van der Waals surface area contributed by atoms with E-state index in [2.05, 4.69) is 36.8 Å². The van der Waals surface area contributed by atoms with Crippen molar-refractivity contribution in [3.8, 4) is 17.6 Å². The number of halogens is 2. The molecule has 1 fully saturated rings. The number of nitriles is 1. The second-order valence-electron chi connectivity index (χ2n) is 9.44. The van der Waals surface area contributed by atoms with E-state index in [-0.39, 0.29) is 52.8 Å². The Bertz CT molecular complexity index is 1590. The molecule has 208 valence electrons. The molecule has 0 aliphatic carbocycles. The molecule has 3 N–H and O–H groups in total. The second-order valence-corrected chi connectivity index (χ2v) is 9.44. The lowest BCUT2D eigenvalue weighted by Crippen LogP contribution is -2.29. The summed E-state index contributed by atoms with van der Waals surface area (Å²) in [4.78, 5) is 12.9. The number of fused-ring (bicyclic) bond motifs is 2. The van der Waals surface area contributed by atoms with Crippen molar-refractivity contribution in [1.29, 1.82) is 5.26 Å². The highest BCUT2D eigenvalue weighted by molar-refractivity contribution is 5.84. The highest BCUT2D eigenvalue weighted by atomic mass is 19.3. The third-order valence-electron chi connectivity index (χ3n) is 6.67. The molecule has 0 radical (unpaired) electrons. The van der Waals surface area contributed by atoms with Crippen LogP contribution in [0.25, 0.3) is 11.2 Å². The van der Waals surface area contributed by atoms with Crippen molar-refractivity contribution in [3.63, 3.8) is 0 Å². The van der Waals surface area contributed by atoms with Crippen molar-refractivity contribution in [2.75, 3.05) is 23.8 Å². The molecular weight excluding hydrogens is 528 g/mol. The Balaban J connectivity index is 1.23. The van der Waals surface area contributed by atoms with Crippen LogP contribution >= 0.6 is 0 Å². The maximum absolute atomic E-state index is 14.3. The summed E-state index contributed by atoms with van der Waals surface area (Å²) in [7, 11) is 1.67. The zero-order valence-electron chi connectivity index (χ0n) is 21.3. The average molecular weight is 554 g/mol. The molecule has 40 heavy (non-hydrogen) atoms. The zero-order chi connectivity index (χ0) is 27.9. The Morgan fingerprint density at radius 2 is 2.17 bits per heavy atom. The molecule has 2 aliphatic heterocycles. The van der Waals surface area contributed by atoms with Crippen LogP contribution in [0.4, 0.5) is 26.4 Å². The maximum atomic E-state index is 14.3. The first-order valence-corrected chi connectivity index (χ1v) is 12.6. The molecule has 6 rings (SSSR count). The molecule has 2 aliphatic rings. The van der Waals surface area contributed by atoms with Crippen molar-refractivity contribution in [1.82, 2.24) is 29.3 Å². The summed E-state index contributed by atoms with van der Waals surface area (Å²) in [6.07, 6.45) is 2.14. The predicted molar refractivity (Wildman–Crippen MR) is 136 cm³/mol. The van der Waals surface area contributed by atoms with Gasteiger partial charge < -0.3 is 34.5 Å². The van der Waals surface area contributed by atoms with E-state index in [9.17, 15) is 19.1 Å². The molecule has 1 saturated heterocycles. The Hall–Kier alpha value is -4.39. The van der Waals surface area contributed by atoms with Gasteiger partial charge in [0.15, 0.2) is 17.2 Å². The fraction of sp³-hybridized carbons (Fsp3) is 0.400. The number of pyridine rings is 2. The van der Waals surface area contributed by atoms with Crippen LogP contribution < -0.4 is 15.4 Å². The fourth-order valence-electron chi connectivity index (χ4n) is 4.73. The zero-order valence-corrected chi connectivity index (χ0v) is 21.3. The fourth-order valence-corrected chi connectivity index (χ4v) is 4.73. The number of hydrogen-bond donors (Lipinski definition) is 3. The lowest BCUT2D eigenvalue weighted by Gasteiger charge is -2.22. The summed E-state index contributed by atoms with van der Waals surface area (Å²) in [6.45, 7) is 1.40. The summed E-state index contributed by atoms with van der Waals surface area (Å²) in [5.41, 5.74) is 0.660. The van der Waals surface area contributed by atoms with Crippen molar-refractivity contribution in [2.24, 2.45) is 7.05 Å². The number of nitrogens with zero attached hydrogens (tertiary/aromatic N) is 7. The molecule has 0 saturated carbocycles. The van der Waals surface area contributed by atoms with Gasteiger partial charge in [0.05, 0.1) is 18.9 Å². The van der Waals surface area contributed by atoms with Gasteiger partial charge in [-0.05, 0) is 18.9 Å². The van der Waals surface area contributed by atoms with E-state index in [1.807, 2.05) is 0 Å². The highest BCUT2D eigenvalue weighted by Crippen LogP contribution is 2.38. The molecule has 0 spiro atoms. The van der Waals surface area contributed by atoms with Crippen LogP contribution in [0.5, 0.6) is 11.5 Å². The van der Waals surface area contributed by atoms with Crippen LogP contribution in [0.1, 0.15) is 30.5 Å². The molecule has 13 nitrogen and oxygen atoms in total. The Morgan fingerprint density at radius 3 is 2.95 bits per heavy atom. The van der Waals surface area contributed by atoms with Gasteiger partial charge in [-0.1, -0.05) is 0 Å². The number of hydrogen-bond acceptors (Lipinski definition) is 11. The van der Waals surface area contributed by atoms with Crippen LogP contribution in [0.3, 0.4) is 0 Å². The standard InChI is InChI=1S/C25H25F2N9O4/c1-35-21-16(11-28)17(39-14-3-6-29-19(9-14)32-24(37)40-15-4-8-38-13-15)12-30-22(21)33-23(35)31-20-10-18-25(26,27)5-2-7-36(18)34-20/h3,6,9-10,12,15,24,37H,2,4-5,7-8,13H2,1H3,(H,29,32)(H,30,31,33,34)/t15-,24?/m0/s1. The number of imidazole rings is 1. The molecular formula is C25H25F2N9O4. The molecule has 4 aromatic rings. The number of ether oxygens (including phenoxy) is 3. The molecule has 0 aromatic carbocycles. The first-order chi connectivity index (χ1) is 19.3. The summed E-state index contributed by atoms with van der Waals surface area (Å²) in [6, 6.07) is 6.57. The predicted octanol–water partition coefficient (Wildman–Crippen LogP) is 3.35. The molecule has 2 atom stereocenters. The van der Waals surface area contributed by atoms with Crippen LogP contribution in [0, 0.1) is 11.3 Å². The van der Waals surface area contributed by atoms with Crippen molar-refractivity contribution in [3.05, 3.63) is 41.9 Å². The van der Waals surface area contributed by atoms with Gasteiger partial charge in [-0.25, -0.2) is 9.97 Å². The van der Waals surface area contributed by atoms with Gasteiger partial charge in [-0.3, -0.25) is 4.68 Å². The largest absolute Gasteiger partial charge is 0.454 e. The topological polar surface area (TPSA) is 157 Å². The van der Waals surface area contributed by atoms with Gasteiger partial charge in [-0.2, -0.15) is 24.1 Å². The Morgan fingerprint density at radius 1 is 1.30 bits per heavy atom. The maximum Gasteiger partial charge on any atom is 0.289 e. The average Bonchev–Trinajstić information content (AvgIpc) is 3.65. The number of alkyl halides is 2. The smallest absolute Gasteiger partial charge is 0.289 e. The quantitative estimate of drug-likeness (QED) is 0.275. The lowest BCUT2D eigenvalue weighted by molar-refractivity contribution is -0.117. The summed E-state index contributed by atoms with van der Waals surface area (Å²) < 4.78 is 48.1. The number of anilines is 3. The number of aromatic nitrogens is 6. The van der Waals surface area contributed by atoms with Crippen molar-refractivity contribution < 1.29 is 28.1 Å². The lowest BCUT2D eigenvalue weighted by atomic mass is 10.1. The second kappa shape index (κ2) is 10.3. The Kier molecular flexibility index (Phi) is 6.66. The molecule has 0 amide bonds. The summed E-state index contributed by atoms with van der Waals surface area (Å²) >= 11 is 0. The molecule has 1 unspecified atom stereocenters. The number of rotatable bonds is 8. The van der Waals surface area contributed by atoms with E-state index >= 15 is 0 Å². The number of aliphatic hydroxyl groups excluding tert-OH is 1. The van der Waals surface area contributed by atoms with Gasteiger partial charge in [0.1, 0.15) is 34.4 Å². The van der Waals surface area contributed by atoms with Crippen LogP contribution in [0.15, 0.2) is 30.6 Å². The molecule has 0 bridgehead atoms. The minimum Gasteiger partial charge on any atom is -0.454 e. The Labute approximate surface area is 226 Å². The van der Waals surface area contributed by atoms with E-state index in [0.717, 1.165) is 0 Å². The summed E-state index contributed by atoms with van der Waals surface area (Å²) in [5.74, 6) is -1.68. The number of aliphatic hydroxyl groups is 1. The van der Waals surface area contributed by atoms with E-state index in [4.69, 9.17) is 14.2 Å². The van der Waals surface area contributed by atoms with Gasteiger partial charge in [0.25, 0.3) is 5.92 Å². The van der Waals surface area contributed by atoms with E-state index in [0.29, 0.717) is 43.9 Å². The van der Waals surface area contributed by atoms with Gasteiger partial charge in [-0.15, -0.1) is 0 Å². The van der Waals surface area contributed by atoms with Crippen molar-refractivity contribution >= 4 is 28.7 Å². The van der Waals surface area contributed by atoms with Gasteiger partial charge in [0, 0.05) is 44.9 Å². The van der Waals surface area contributed by atoms with Crippen LogP contribution in [0.2, 0.25) is 0 Å². The minimum atomic E-state index is -2.95. The molecule has 6 heterocycles. The van der Waals surface area contributed by atoms with Crippen molar-refractivity contribution in [2.45, 2.75) is 44.2 Å². The van der Waals surface area contributed by atoms with Gasteiger partial charge in [0.2, 0.25) is 12.4 Å². The van der Waals surface area contributed by atoms with Gasteiger partial charge >= 0.3 is 0 Å². The third kappa shape index (κ3) is 4.99. The highest BCUT2D eigenvalue weighted by Gasteiger charge is 2.38. The molecule has 15 heteroatoms. The SMILES string of the molecule is Cn1c(Nc2cc3n(n2)CCCC3(F)F)nc2ncc(Oc3ccnc(NC(O)O[C@H]4CCOC4)c3)c(C#N)c21. The first-order valence-electron chi connectivity index (χ1n) is 12.6.